The average molecular weight is 258 g/mol. The van der Waals surface area contributed by atoms with Crippen molar-refractivity contribution in [3.05, 3.63) is 23.9 Å². The van der Waals surface area contributed by atoms with E-state index in [4.69, 9.17) is 5.26 Å². The highest BCUT2D eigenvalue weighted by Crippen LogP contribution is 2.12. The monoisotopic (exact) mass is 258 g/mol. The van der Waals surface area contributed by atoms with E-state index in [1.54, 1.807) is 18.3 Å². The first kappa shape index (κ1) is 13.3. The fourth-order valence-corrected chi connectivity index (χ4v) is 2.25. The maximum Gasteiger partial charge on any atom is 0.244 e. The van der Waals surface area contributed by atoms with Gasteiger partial charge in [0.05, 0.1) is 11.6 Å². The molecule has 1 aromatic heterocycles. The van der Waals surface area contributed by atoms with E-state index in [1.807, 2.05) is 11.8 Å². The molecule has 0 aromatic carbocycles. The minimum atomic E-state index is -0.320. The van der Waals surface area contributed by atoms with Gasteiger partial charge in [0, 0.05) is 19.3 Å². The Morgan fingerprint density at radius 3 is 2.89 bits per heavy atom. The molecule has 1 aromatic rings. The maximum atomic E-state index is 12.2. The Bertz CT molecular complexity index is 488. The van der Waals surface area contributed by atoms with Crippen LogP contribution in [-0.2, 0) is 4.79 Å². The lowest BCUT2D eigenvalue weighted by Gasteiger charge is -2.29. The molecule has 100 valence electrons. The highest BCUT2D eigenvalue weighted by molar-refractivity contribution is 5.84. The molecule has 1 saturated heterocycles. The quantitative estimate of drug-likeness (QED) is 0.897. The lowest BCUT2D eigenvalue weighted by molar-refractivity contribution is -0.132. The summed E-state index contributed by atoms with van der Waals surface area (Å²) in [6.45, 7) is 3.52. The van der Waals surface area contributed by atoms with Crippen LogP contribution in [0, 0.1) is 11.3 Å². The third-order valence-corrected chi connectivity index (χ3v) is 3.29. The SMILES string of the molecule is CC(Nc1cc(C#N)ccn1)C(=O)N1CCCCC1. The number of hydrogen-bond donors (Lipinski definition) is 1. The zero-order valence-electron chi connectivity index (χ0n) is 11.1. The van der Waals surface area contributed by atoms with Crippen LogP contribution in [0.3, 0.4) is 0 Å². The summed E-state index contributed by atoms with van der Waals surface area (Å²) in [6.07, 6.45) is 4.94. The Morgan fingerprint density at radius 1 is 1.47 bits per heavy atom. The van der Waals surface area contributed by atoms with Gasteiger partial charge in [-0.15, -0.1) is 0 Å². The van der Waals surface area contributed by atoms with E-state index in [0.29, 0.717) is 11.4 Å². The fourth-order valence-electron chi connectivity index (χ4n) is 2.25. The average Bonchev–Trinajstić information content (AvgIpc) is 2.47. The molecule has 5 heteroatoms. The maximum absolute atomic E-state index is 12.2. The van der Waals surface area contributed by atoms with Crippen molar-refractivity contribution in [2.75, 3.05) is 18.4 Å². The molecule has 0 aliphatic carbocycles. The van der Waals surface area contributed by atoms with Crippen LogP contribution in [-0.4, -0.2) is 34.9 Å². The number of pyridine rings is 1. The largest absolute Gasteiger partial charge is 0.359 e. The number of aromatic nitrogens is 1. The molecule has 1 N–H and O–H groups in total. The minimum Gasteiger partial charge on any atom is -0.359 e. The molecule has 2 rings (SSSR count). The lowest BCUT2D eigenvalue weighted by Crippen LogP contribution is -2.44. The van der Waals surface area contributed by atoms with E-state index in [0.717, 1.165) is 25.9 Å². The standard InChI is InChI=1S/C14H18N4O/c1-11(14(19)18-7-3-2-4-8-18)17-13-9-12(10-15)5-6-16-13/h5-6,9,11H,2-4,7-8H2,1H3,(H,16,17). The van der Waals surface area contributed by atoms with Crippen molar-refractivity contribution in [1.82, 2.24) is 9.88 Å². The highest BCUT2D eigenvalue weighted by atomic mass is 16.2. The summed E-state index contributed by atoms with van der Waals surface area (Å²) in [5, 5.41) is 11.9. The number of amides is 1. The molecular weight excluding hydrogens is 240 g/mol. The number of rotatable bonds is 3. The first-order valence-corrected chi connectivity index (χ1v) is 6.62. The number of piperidine rings is 1. The van der Waals surface area contributed by atoms with Crippen molar-refractivity contribution in [2.45, 2.75) is 32.2 Å². The van der Waals surface area contributed by atoms with Crippen LogP contribution in [0.4, 0.5) is 5.82 Å². The number of nitriles is 1. The predicted molar refractivity (Wildman–Crippen MR) is 72.5 cm³/mol. The van der Waals surface area contributed by atoms with Crippen molar-refractivity contribution in [1.29, 1.82) is 5.26 Å². The zero-order chi connectivity index (χ0) is 13.7. The van der Waals surface area contributed by atoms with Crippen LogP contribution in [0.25, 0.3) is 0 Å². The molecule has 0 bridgehead atoms. The van der Waals surface area contributed by atoms with Crippen molar-refractivity contribution < 1.29 is 4.79 Å². The van der Waals surface area contributed by atoms with E-state index < -0.39 is 0 Å². The molecule has 0 radical (unpaired) electrons. The van der Waals surface area contributed by atoms with Gasteiger partial charge in [0.25, 0.3) is 0 Å². The van der Waals surface area contributed by atoms with Gasteiger partial charge < -0.3 is 10.2 Å². The van der Waals surface area contributed by atoms with Crippen molar-refractivity contribution in [2.24, 2.45) is 0 Å². The summed E-state index contributed by atoms with van der Waals surface area (Å²) in [5.41, 5.74) is 0.537. The molecule has 0 spiro atoms. The third kappa shape index (κ3) is 3.44. The summed E-state index contributed by atoms with van der Waals surface area (Å²) in [7, 11) is 0. The molecule has 1 aliphatic heterocycles. The molecule has 1 amide bonds. The first-order valence-electron chi connectivity index (χ1n) is 6.62. The van der Waals surface area contributed by atoms with E-state index in [-0.39, 0.29) is 11.9 Å². The normalized spacial score (nSPS) is 16.5. The summed E-state index contributed by atoms with van der Waals surface area (Å²) in [5.74, 6) is 0.667. The number of anilines is 1. The summed E-state index contributed by atoms with van der Waals surface area (Å²) in [6, 6.07) is 5.03. The van der Waals surface area contributed by atoms with Gasteiger partial charge in [0.15, 0.2) is 0 Å². The number of carbonyl (C=O) groups is 1. The summed E-state index contributed by atoms with van der Waals surface area (Å²) >= 11 is 0. The lowest BCUT2D eigenvalue weighted by atomic mass is 10.1. The third-order valence-electron chi connectivity index (χ3n) is 3.29. The number of carbonyl (C=O) groups excluding carboxylic acids is 1. The van der Waals surface area contributed by atoms with Gasteiger partial charge in [-0.1, -0.05) is 0 Å². The molecule has 1 atom stereocenters. The molecule has 1 unspecified atom stereocenters. The Kier molecular flexibility index (Phi) is 4.35. The van der Waals surface area contributed by atoms with Crippen molar-refractivity contribution >= 4 is 11.7 Å². The second-order valence-corrected chi connectivity index (χ2v) is 4.79. The van der Waals surface area contributed by atoms with Gasteiger partial charge in [-0.05, 0) is 38.3 Å². The van der Waals surface area contributed by atoms with Crippen molar-refractivity contribution in [3.8, 4) is 6.07 Å². The van der Waals surface area contributed by atoms with Crippen LogP contribution in [0.1, 0.15) is 31.7 Å². The highest BCUT2D eigenvalue weighted by Gasteiger charge is 2.22. The van der Waals surface area contributed by atoms with Gasteiger partial charge >= 0.3 is 0 Å². The number of nitrogens with one attached hydrogen (secondary N) is 1. The number of likely N-dealkylation sites (tertiary alicyclic amines) is 1. The molecule has 1 aliphatic rings. The van der Waals surface area contributed by atoms with Crippen LogP contribution in [0.5, 0.6) is 0 Å². The van der Waals surface area contributed by atoms with Crippen LogP contribution < -0.4 is 5.32 Å². The van der Waals surface area contributed by atoms with E-state index >= 15 is 0 Å². The van der Waals surface area contributed by atoms with Crippen LogP contribution in [0.15, 0.2) is 18.3 Å². The molecule has 2 heterocycles. The summed E-state index contributed by atoms with van der Waals surface area (Å²) < 4.78 is 0. The van der Waals surface area contributed by atoms with Gasteiger partial charge in [-0.3, -0.25) is 4.79 Å². The first-order chi connectivity index (χ1) is 9.20. The topological polar surface area (TPSA) is 69.0 Å². The zero-order valence-corrected chi connectivity index (χ0v) is 11.1. The molecular formula is C14H18N4O. The summed E-state index contributed by atoms with van der Waals surface area (Å²) in [4.78, 5) is 18.2. The molecule has 5 nitrogen and oxygen atoms in total. The minimum absolute atomic E-state index is 0.101. The van der Waals surface area contributed by atoms with Gasteiger partial charge in [0.2, 0.25) is 5.91 Å². The van der Waals surface area contributed by atoms with Crippen LogP contribution in [0.2, 0.25) is 0 Å². The van der Waals surface area contributed by atoms with E-state index in [2.05, 4.69) is 16.4 Å². The Hall–Kier alpha value is -2.09. The molecule has 0 saturated carbocycles. The second kappa shape index (κ2) is 6.19. The second-order valence-electron chi connectivity index (χ2n) is 4.79. The van der Waals surface area contributed by atoms with Gasteiger partial charge in [0.1, 0.15) is 11.9 Å². The molecule has 19 heavy (non-hydrogen) atoms. The Labute approximate surface area is 113 Å². The number of nitrogens with zero attached hydrogens (tertiary/aromatic N) is 3. The van der Waals surface area contributed by atoms with E-state index in [9.17, 15) is 4.79 Å². The van der Waals surface area contributed by atoms with Gasteiger partial charge in [-0.2, -0.15) is 5.26 Å². The Balaban J connectivity index is 1.97. The number of hydrogen-bond acceptors (Lipinski definition) is 4. The predicted octanol–water partition coefficient (Wildman–Crippen LogP) is 1.77. The van der Waals surface area contributed by atoms with Gasteiger partial charge in [-0.25, -0.2) is 4.98 Å². The Morgan fingerprint density at radius 2 is 2.21 bits per heavy atom. The van der Waals surface area contributed by atoms with Crippen molar-refractivity contribution in [3.63, 3.8) is 0 Å². The van der Waals surface area contributed by atoms with Crippen LogP contribution >= 0.6 is 0 Å². The smallest absolute Gasteiger partial charge is 0.244 e. The molecule has 1 fully saturated rings. The fraction of sp³-hybridized carbons (Fsp3) is 0.500. The van der Waals surface area contributed by atoms with E-state index in [1.165, 1.54) is 6.42 Å².